The Morgan fingerprint density at radius 1 is 1.30 bits per heavy atom. The second-order valence-electron chi connectivity index (χ2n) is 6.12. The van der Waals surface area contributed by atoms with Gasteiger partial charge in [-0.2, -0.15) is 15.0 Å². The molecule has 112 valence electrons. The van der Waals surface area contributed by atoms with Crippen molar-refractivity contribution >= 4 is 11.9 Å². The Bertz CT molecular complexity index is 429. The van der Waals surface area contributed by atoms with Gasteiger partial charge in [0.1, 0.15) is 5.82 Å². The summed E-state index contributed by atoms with van der Waals surface area (Å²) in [7, 11) is 3.87. The first kappa shape index (κ1) is 15.0. The Morgan fingerprint density at radius 3 is 2.60 bits per heavy atom. The van der Waals surface area contributed by atoms with Gasteiger partial charge in [0.2, 0.25) is 11.9 Å². The molecule has 2 heterocycles. The Hall–Kier alpha value is -1.43. The molecular formula is C14H25N5O. The maximum atomic E-state index is 5.77. The second kappa shape index (κ2) is 5.91. The molecule has 0 aromatic carbocycles. The molecule has 0 aliphatic carbocycles. The number of ether oxygens (including phenoxy) is 1. The topological polar surface area (TPSA) is 63.2 Å². The molecule has 0 saturated carbocycles. The molecule has 1 saturated heterocycles. The zero-order chi connectivity index (χ0) is 14.8. The van der Waals surface area contributed by atoms with E-state index in [0.29, 0.717) is 11.9 Å². The number of hydrogen-bond donors (Lipinski definition) is 1. The Kier molecular flexibility index (Phi) is 4.42. The van der Waals surface area contributed by atoms with Crippen LogP contribution >= 0.6 is 0 Å². The first-order valence-corrected chi connectivity index (χ1v) is 7.21. The van der Waals surface area contributed by atoms with Crippen LogP contribution in [-0.4, -0.2) is 47.8 Å². The van der Waals surface area contributed by atoms with E-state index in [1.54, 1.807) is 0 Å². The molecule has 1 aromatic heterocycles. The Morgan fingerprint density at radius 2 is 2.05 bits per heavy atom. The monoisotopic (exact) mass is 279 g/mol. The van der Waals surface area contributed by atoms with Gasteiger partial charge in [0, 0.05) is 33.2 Å². The van der Waals surface area contributed by atoms with E-state index in [1.165, 1.54) is 0 Å². The molecule has 0 radical (unpaired) electrons. The molecular weight excluding hydrogens is 254 g/mol. The number of aromatic nitrogens is 3. The highest BCUT2D eigenvalue weighted by Gasteiger charge is 2.29. The van der Waals surface area contributed by atoms with Crippen LogP contribution in [0.4, 0.5) is 11.9 Å². The van der Waals surface area contributed by atoms with E-state index in [-0.39, 0.29) is 11.5 Å². The highest BCUT2D eigenvalue weighted by atomic mass is 16.5. The van der Waals surface area contributed by atoms with Crippen molar-refractivity contribution in [1.82, 2.24) is 15.0 Å². The standard InChI is InChI=1S/C14H25N5O/c1-10(2)11-16-12(18-13(17-11)19(4)5)15-9-14(3)7-6-8-20-14/h10H,6-9H2,1-5H3,(H,15,16,17,18). The summed E-state index contributed by atoms with van der Waals surface area (Å²) in [6.07, 6.45) is 2.19. The molecule has 1 fully saturated rings. The molecule has 20 heavy (non-hydrogen) atoms. The van der Waals surface area contributed by atoms with Crippen molar-refractivity contribution in [1.29, 1.82) is 0 Å². The molecule has 0 amide bonds. The molecule has 6 heteroatoms. The molecule has 1 aliphatic heterocycles. The molecule has 0 spiro atoms. The first-order chi connectivity index (χ1) is 9.39. The maximum Gasteiger partial charge on any atom is 0.229 e. The lowest BCUT2D eigenvalue weighted by molar-refractivity contribution is 0.0314. The lowest BCUT2D eigenvalue weighted by Crippen LogP contribution is -2.33. The van der Waals surface area contributed by atoms with Gasteiger partial charge in [-0.05, 0) is 19.8 Å². The fraction of sp³-hybridized carbons (Fsp3) is 0.786. The predicted octanol–water partition coefficient (Wildman–Crippen LogP) is 2.04. The molecule has 1 aromatic rings. The lowest BCUT2D eigenvalue weighted by Gasteiger charge is -2.23. The molecule has 0 bridgehead atoms. The van der Waals surface area contributed by atoms with Crippen LogP contribution in [0.1, 0.15) is 45.4 Å². The average molecular weight is 279 g/mol. The first-order valence-electron chi connectivity index (χ1n) is 7.21. The summed E-state index contributed by atoms with van der Waals surface area (Å²) >= 11 is 0. The summed E-state index contributed by atoms with van der Waals surface area (Å²) in [6.45, 7) is 7.86. The summed E-state index contributed by atoms with van der Waals surface area (Å²) in [5.74, 6) is 2.40. The molecule has 1 atom stereocenters. The van der Waals surface area contributed by atoms with Crippen molar-refractivity contribution in [2.75, 3.05) is 37.5 Å². The molecule has 2 rings (SSSR count). The van der Waals surface area contributed by atoms with E-state index < -0.39 is 0 Å². The van der Waals surface area contributed by atoms with Crippen LogP contribution in [0, 0.1) is 0 Å². The largest absolute Gasteiger partial charge is 0.373 e. The van der Waals surface area contributed by atoms with Crippen LogP contribution in [-0.2, 0) is 4.74 Å². The SMILES string of the molecule is CC(C)c1nc(NCC2(C)CCCO2)nc(N(C)C)n1. The minimum Gasteiger partial charge on any atom is -0.373 e. The summed E-state index contributed by atoms with van der Waals surface area (Å²) < 4.78 is 5.77. The minimum absolute atomic E-state index is 0.108. The zero-order valence-corrected chi connectivity index (χ0v) is 13.1. The molecule has 1 N–H and O–H groups in total. The highest BCUT2D eigenvalue weighted by Crippen LogP contribution is 2.25. The molecule has 1 unspecified atom stereocenters. The van der Waals surface area contributed by atoms with Gasteiger partial charge in [0.25, 0.3) is 0 Å². The van der Waals surface area contributed by atoms with Crippen molar-refractivity contribution in [3.63, 3.8) is 0 Å². The van der Waals surface area contributed by atoms with E-state index in [4.69, 9.17) is 4.74 Å². The van der Waals surface area contributed by atoms with Crippen molar-refractivity contribution in [3.05, 3.63) is 5.82 Å². The van der Waals surface area contributed by atoms with Crippen molar-refractivity contribution in [2.45, 2.75) is 45.1 Å². The van der Waals surface area contributed by atoms with Crippen LogP contribution in [0.2, 0.25) is 0 Å². The van der Waals surface area contributed by atoms with Gasteiger partial charge in [-0.25, -0.2) is 0 Å². The number of hydrogen-bond acceptors (Lipinski definition) is 6. The second-order valence-corrected chi connectivity index (χ2v) is 6.12. The fourth-order valence-corrected chi connectivity index (χ4v) is 2.16. The number of anilines is 2. The Balaban J connectivity index is 2.13. The van der Waals surface area contributed by atoms with Crippen LogP contribution in [0.3, 0.4) is 0 Å². The van der Waals surface area contributed by atoms with Gasteiger partial charge in [-0.1, -0.05) is 13.8 Å². The average Bonchev–Trinajstić information content (AvgIpc) is 2.83. The third-order valence-electron chi connectivity index (χ3n) is 3.48. The van der Waals surface area contributed by atoms with Crippen LogP contribution in [0.25, 0.3) is 0 Å². The molecule has 1 aliphatic rings. The number of nitrogens with one attached hydrogen (secondary N) is 1. The van der Waals surface area contributed by atoms with E-state index >= 15 is 0 Å². The minimum atomic E-state index is -0.108. The Labute approximate surface area is 121 Å². The summed E-state index contributed by atoms with van der Waals surface area (Å²) in [5.41, 5.74) is -0.108. The van der Waals surface area contributed by atoms with Crippen LogP contribution < -0.4 is 10.2 Å². The summed E-state index contributed by atoms with van der Waals surface area (Å²) in [5, 5.41) is 3.30. The van der Waals surface area contributed by atoms with Crippen LogP contribution in [0.5, 0.6) is 0 Å². The van der Waals surface area contributed by atoms with Gasteiger partial charge in [-0.3, -0.25) is 0 Å². The van der Waals surface area contributed by atoms with Gasteiger partial charge >= 0.3 is 0 Å². The number of nitrogens with zero attached hydrogens (tertiary/aromatic N) is 4. The van der Waals surface area contributed by atoms with E-state index in [2.05, 4.69) is 41.0 Å². The smallest absolute Gasteiger partial charge is 0.229 e. The van der Waals surface area contributed by atoms with Gasteiger partial charge in [0.05, 0.1) is 5.60 Å². The predicted molar refractivity (Wildman–Crippen MR) is 80.3 cm³/mol. The van der Waals surface area contributed by atoms with Crippen molar-refractivity contribution in [2.24, 2.45) is 0 Å². The third kappa shape index (κ3) is 3.56. The van der Waals surface area contributed by atoms with Gasteiger partial charge in [0.15, 0.2) is 0 Å². The zero-order valence-electron chi connectivity index (χ0n) is 13.1. The normalized spacial score (nSPS) is 22.3. The molecule has 6 nitrogen and oxygen atoms in total. The van der Waals surface area contributed by atoms with Crippen molar-refractivity contribution < 1.29 is 4.74 Å². The van der Waals surface area contributed by atoms with Gasteiger partial charge in [-0.15, -0.1) is 0 Å². The lowest BCUT2D eigenvalue weighted by atomic mass is 10.0. The third-order valence-corrected chi connectivity index (χ3v) is 3.48. The number of rotatable bonds is 5. The fourth-order valence-electron chi connectivity index (χ4n) is 2.16. The quantitative estimate of drug-likeness (QED) is 0.890. The van der Waals surface area contributed by atoms with E-state index in [0.717, 1.165) is 31.8 Å². The van der Waals surface area contributed by atoms with E-state index in [9.17, 15) is 0 Å². The summed E-state index contributed by atoms with van der Waals surface area (Å²) in [4.78, 5) is 15.3. The van der Waals surface area contributed by atoms with E-state index in [1.807, 2.05) is 19.0 Å². The van der Waals surface area contributed by atoms with Crippen LogP contribution in [0.15, 0.2) is 0 Å². The van der Waals surface area contributed by atoms with Gasteiger partial charge < -0.3 is 15.0 Å². The summed E-state index contributed by atoms with van der Waals surface area (Å²) in [6, 6.07) is 0. The highest BCUT2D eigenvalue weighted by molar-refractivity contribution is 5.36. The van der Waals surface area contributed by atoms with Crippen molar-refractivity contribution in [3.8, 4) is 0 Å². The maximum absolute atomic E-state index is 5.77.